The van der Waals surface area contributed by atoms with E-state index in [1.54, 1.807) is 11.3 Å². The maximum atomic E-state index is 3.21. The molecule has 1 N–H and O–H groups in total. The first-order chi connectivity index (χ1) is 6.90. The molecule has 0 bridgehead atoms. The molecule has 0 radical (unpaired) electrons. The molecule has 0 atom stereocenters. The SMILES string of the molecule is CNc1cscc1Cc1ccccc1. The number of anilines is 1. The van der Waals surface area contributed by atoms with E-state index in [-0.39, 0.29) is 0 Å². The van der Waals surface area contributed by atoms with E-state index in [1.807, 2.05) is 7.05 Å². The number of nitrogens with one attached hydrogen (secondary N) is 1. The lowest BCUT2D eigenvalue weighted by Gasteiger charge is -2.02. The Morgan fingerprint density at radius 2 is 1.93 bits per heavy atom. The fourth-order valence-electron chi connectivity index (χ4n) is 1.50. The highest BCUT2D eigenvalue weighted by Gasteiger charge is 2.02. The summed E-state index contributed by atoms with van der Waals surface area (Å²) in [5.41, 5.74) is 3.99. The summed E-state index contributed by atoms with van der Waals surface area (Å²) < 4.78 is 0. The van der Waals surface area contributed by atoms with E-state index in [9.17, 15) is 0 Å². The van der Waals surface area contributed by atoms with Gasteiger partial charge in [-0.15, -0.1) is 11.3 Å². The van der Waals surface area contributed by atoms with Gasteiger partial charge in [-0.2, -0.15) is 0 Å². The lowest BCUT2D eigenvalue weighted by Crippen LogP contribution is -1.92. The molecule has 0 aliphatic heterocycles. The van der Waals surface area contributed by atoms with E-state index in [1.165, 1.54) is 16.8 Å². The Balaban J connectivity index is 2.19. The summed E-state index contributed by atoms with van der Waals surface area (Å²) in [5.74, 6) is 0. The summed E-state index contributed by atoms with van der Waals surface area (Å²) in [4.78, 5) is 0. The molecule has 72 valence electrons. The second kappa shape index (κ2) is 4.29. The van der Waals surface area contributed by atoms with Crippen molar-refractivity contribution in [2.75, 3.05) is 12.4 Å². The van der Waals surface area contributed by atoms with Crippen molar-refractivity contribution in [3.8, 4) is 0 Å². The van der Waals surface area contributed by atoms with Crippen LogP contribution < -0.4 is 5.32 Å². The van der Waals surface area contributed by atoms with Crippen LogP contribution in [0, 0.1) is 0 Å². The first-order valence-electron chi connectivity index (χ1n) is 4.67. The minimum absolute atomic E-state index is 1.01. The van der Waals surface area contributed by atoms with Crippen LogP contribution >= 0.6 is 11.3 Å². The quantitative estimate of drug-likeness (QED) is 0.806. The molecule has 0 spiro atoms. The van der Waals surface area contributed by atoms with E-state index in [0.717, 1.165) is 6.42 Å². The van der Waals surface area contributed by atoms with Gasteiger partial charge in [0.1, 0.15) is 0 Å². The first kappa shape index (κ1) is 9.28. The van der Waals surface area contributed by atoms with E-state index >= 15 is 0 Å². The number of hydrogen-bond acceptors (Lipinski definition) is 2. The van der Waals surface area contributed by atoms with Crippen molar-refractivity contribution in [3.63, 3.8) is 0 Å². The molecular weight excluding hydrogens is 190 g/mol. The van der Waals surface area contributed by atoms with Crippen molar-refractivity contribution in [3.05, 3.63) is 52.2 Å². The third-order valence-electron chi connectivity index (χ3n) is 2.25. The van der Waals surface area contributed by atoms with Gasteiger partial charge in [-0.3, -0.25) is 0 Å². The molecule has 1 nitrogen and oxygen atoms in total. The van der Waals surface area contributed by atoms with Gasteiger partial charge < -0.3 is 5.32 Å². The smallest absolute Gasteiger partial charge is 0.0482 e. The van der Waals surface area contributed by atoms with E-state index < -0.39 is 0 Å². The zero-order valence-electron chi connectivity index (χ0n) is 8.16. The lowest BCUT2D eigenvalue weighted by atomic mass is 10.1. The number of hydrogen-bond donors (Lipinski definition) is 1. The van der Waals surface area contributed by atoms with Crippen molar-refractivity contribution in [1.82, 2.24) is 0 Å². The van der Waals surface area contributed by atoms with Crippen LogP contribution in [0.3, 0.4) is 0 Å². The molecule has 0 fully saturated rings. The van der Waals surface area contributed by atoms with Gasteiger partial charge in [-0.1, -0.05) is 30.3 Å². The predicted molar refractivity (Wildman–Crippen MR) is 63.1 cm³/mol. The summed E-state index contributed by atoms with van der Waals surface area (Å²) in [7, 11) is 1.97. The Hall–Kier alpha value is -1.28. The van der Waals surface area contributed by atoms with Gasteiger partial charge in [0.15, 0.2) is 0 Å². The number of benzene rings is 1. The van der Waals surface area contributed by atoms with Gasteiger partial charge in [0.2, 0.25) is 0 Å². The van der Waals surface area contributed by atoms with Gasteiger partial charge in [0, 0.05) is 24.5 Å². The Bertz CT molecular complexity index is 392. The van der Waals surface area contributed by atoms with Crippen LogP contribution in [0.4, 0.5) is 5.69 Å². The van der Waals surface area contributed by atoms with Crippen LogP contribution in [0.1, 0.15) is 11.1 Å². The van der Waals surface area contributed by atoms with Crippen LogP contribution in [0.5, 0.6) is 0 Å². The van der Waals surface area contributed by atoms with Gasteiger partial charge in [-0.05, 0) is 16.5 Å². The predicted octanol–water partition coefficient (Wildman–Crippen LogP) is 3.38. The van der Waals surface area contributed by atoms with Gasteiger partial charge in [0.25, 0.3) is 0 Å². The Kier molecular flexibility index (Phi) is 2.84. The second-order valence-electron chi connectivity index (χ2n) is 3.22. The molecule has 2 heteroatoms. The average molecular weight is 203 g/mol. The molecule has 0 unspecified atom stereocenters. The third-order valence-corrected chi connectivity index (χ3v) is 3.04. The van der Waals surface area contributed by atoms with E-state index in [0.29, 0.717) is 0 Å². The third kappa shape index (κ3) is 1.96. The zero-order chi connectivity index (χ0) is 9.80. The van der Waals surface area contributed by atoms with E-state index in [2.05, 4.69) is 46.4 Å². The minimum Gasteiger partial charge on any atom is -0.387 e. The summed E-state index contributed by atoms with van der Waals surface area (Å²) in [6.45, 7) is 0. The number of thiophene rings is 1. The highest BCUT2D eigenvalue weighted by atomic mass is 32.1. The Morgan fingerprint density at radius 3 is 2.64 bits per heavy atom. The molecule has 1 aromatic heterocycles. The number of rotatable bonds is 3. The van der Waals surface area contributed by atoms with E-state index in [4.69, 9.17) is 0 Å². The van der Waals surface area contributed by atoms with Crippen LogP contribution in [0.2, 0.25) is 0 Å². The summed E-state index contributed by atoms with van der Waals surface area (Å²) >= 11 is 1.75. The topological polar surface area (TPSA) is 12.0 Å². The largest absolute Gasteiger partial charge is 0.387 e. The summed E-state index contributed by atoms with van der Waals surface area (Å²) in [6.07, 6.45) is 1.01. The molecule has 0 saturated carbocycles. The van der Waals surface area contributed by atoms with Crippen molar-refractivity contribution in [1.29, 1.82) is 0 Å². The normalized spacial score (nSPS) is 10.1. The highest BCUT2D eigenvalue weighted by Crippen LogP contribution is 2.22. The van der Waals surface area contributed by atoms with Crippen LogP contribution in [-0.4, -0.2) is 7.05 Å². The standard InChI is InChI=1S/C12H13NS/c1-13-12-9-14-8-11(12)7-10-5-3-2-4-6-10/h2-6,8-9,13H,7H2,1H3. The van der Waals surface area contributed by atoms with Crippen LogP contribution in [0.15, 0.2) is 41.1 Å². The maximum Gasteiger partial charge on any atom is 0.0482 e. The molecule has 0 aliphatic rings. The Morgan fingerprint density at radius 1 is 1.14 bits per heavy atom. The maximum absolute atomic E-state index is 3.21. The molecule has 0 saturated heterocycles. The summed E-state index contributed by atoms with van der Waals surface area (Å²) in [5, 5.41) is 7.56. The fourth-order valence-corrected chi connectivity index (χ4v) is 2.34. The molecule has 1 aromatic carbocycles. The molecular formula is C12H13NS. The van der Waals surface area contributed by atoms with Gasteiger partial charge in [0.05, 0.1) is 0 Å². The molecule has 0 aliphatic carbocycles. The molecule has 2 aromatic rings. The minimum atomic E-state index is 1.01. The molecule has 1 heterocycles. The molecule has 2 rings (SSSR count). The second-order valence-corrected chi connectivity index (χ2v) is 3.97. The van der Waals surface area contributed by atoms with Gasteiger partial charge in [-0.25, -0.2) is 0 Å². The highest BCUT2D eigenvalue weighted by molar-refractivity contribution is 7.08. The molecule has 14 heavy (non-hydrogen) atoms. The van der Waals surface area contributed by atoms with Crippen molar-refractivity contribution >= 4 is 17.0 Å². The molecule has 0 amide bonds. The summed E-state index contributed by atoms with van der Waals surface area (Å²) in [6, 6.07) is 10.5. The lowest BCUT2D eigenvalue weighted by molar-refractivity contribution is 1.21. The van der Waals surface area contributed by atoms with Crippen LogP contribution in [0.25, 0.3) is 0 Å². The Labute approximate surface area is 88.4 Å². The monoisotopic (exact) mass is 203 g/mol. The first-order valence-corrected chi connectivity index (χ1v) is 5.61. The zero-order valence-corrected chi connectivity index (χ0v) is 8.97. The average Bonchev–Trinajstić information content (AvgIpc) is 2.67. The van der Waals surface area contributed by atoms with Crippen molar-refractivity contribution in [2.24, 2.45) is 0 Å². The van der Waals surface area contributed by atoms with Crippen LogP contribution in [-0.2, 0) is 6.42 Å². The fraction of sp³-hybridized carbons (Fsp3) is 0.167. The van der Waals surface area contributed by atoms with Crippen molar-refractivity contribution in [2.45, 2.75) is 6.42 Å². The van der Waals surface area contributed by atoms with Crippen molar-refractivity contribution < 1.29 is 0 Å². The van der Waals surface area contributed by atoms with Gasteiger partial charge >= 0.3 is 0 Å².